The van der Waals surface area contributed by atoms with E-state index in [1.54, 1.807) is 6.08 Å². The highest BCUT2D eigenvalue weighted by atomic mass is 16.5. The third-order valence-electron chi connectivity index (χ3n) is 5.89. The number of rotatable bonds is 3. The molecule has 0 saturated carbocycles. The largest absolute Gasteiger partial charge is 0.477 e. The van der Waals surface area contributed by atoms with E-state index in [1.807, 2.05) is 49.4 Å². The first-order valence-electron chi connectivity index (χ1n) is 10.2. The first kappa shape index (κ1) is 18.6. The van der Waals surface area contributed by atoms with Gasteiger partial charge < -0.3 is 9.47 Å². The number of fused-ring (bicyclic) bond motifs is 2. The van der Waals surface area contributed by atoms with Crippen molar-refractivity contribution in [2.75, 3.05) is 6.73 Å². The van der Waals surface area contributed by atoms with E-state index >= 15 is 0 Å². The van der Waals surface area contributed by atoms with Crippen molar-refractivity contribution in [1.82, 2.24) is 4.90 Å². The number of benzene rings is 3. The molecule has 2 heterocycles. The predicted octanol–water partition coefficient (Wildman–Crippen LogP) is 5.52. The lowest BCUT2D eigenvalue weighted by Crippen LogP contribution is -2.34. The molecule has 30 heavy (non-hydrogen) atoms. The van der Waals surface area contributed by atoms with E-state index in [0.717, 1.165) is 29.0 Å². The number of ketones is 1. The average molecular weight is 397 g/mol. The molecule has 0 aromatic heterocycles. The van der Waals surface area contributed by atoms with Gasteiger partial charge in [0.1, 0.15) is 18.2 Å². The van der Waals surface area contributed by atoms with Gasteiger partial charge in [0.15, 0.2) is 5.76 Å². The molecule has 150 valence electrons. The van der Waals surface area contributed by atoms with Crippen LogP contribution in [-0.4, -0.2) is 17.4 Å². The minimum absolute atomic E-state index is 0.0759. The Balaban J connectivity index is 1.46. The molecule has 0 N–H and O–H groups in total. The second-order valence-corrected chi connectivity index (χ2v) is 7.82. The number of hydrogen-bond acceptors (Lipinski definition) is 4. The number of Topliss-reactive ketones (excluding diaryl/α,β-unsaturated/α-hetero) is 1. The van der Waals surface area contributed by atoms with Crippen molar-refractivity contribution in [3.8, 4) is 11.5 Å². The SMILES string of the molecule is Cc1c2c(cc3c1O/C(=C\c1ccccc1)C3=O)CN(C(C)c1ccccc1)CO2. The minimum Gasteiger partial charge on any atom is -0.477 e. The smallest absolute Gasteiger partial charge is 0.231 e. The van der Waals surface area contributed by atoms with Crippen LogP contribution in [0.15, 0.2) is 72.5 Å². The van der Waals surface area contributed by atoms with Crippen LogP contribution in [0.3, 0.4) is 0 Å². The maximum atomic E-state index is 13.0. The molecule has 5 rings (SSSR count). The molecule has 0 aliphatic carbocycles. The van der Waals surface area contributed by atoms with Gasteiger partial charge in [0.25, 0.3) is 0 Å². The standard InChI is InChI=1S/C26H23NO3/c1-17-25-21(15-27(16-29-25)18(2)20-11-7-4-8-12-20)14-22-24(28)23(30-26(17)22)13-19-9-5-3-6-10-19/h3-14,18H,15-16H2,1-2H3/b23-13-. The van der Waals surface area contributed by atoms with Gasteiger partial charge in [0.2, 0.25) is 5.78 Å². The molecule has 2 aliphatic heterocycles. The van der Waals surface area contributed by atoms with Gasteiger partial charge in [0.05, 0.1) is 5.56 Å². The van der Waals surface area contributed by atoms with E-state index in [9.17, 15) is 4.79 Å². The van der Waals surface area contributed by atoms with Gasteiger partial charge in [-0.1, -0.05) is 60.7 Å². The number of hydrogen-bond donors (Lipinski definition) is 0. The van der Waals surface area contributed by atoms with Crippen LogP contribution >= 0.6 is 0 Å². The Bertz CT molecular complexity index is 1140. The third kappa shape index (κ3) is 3.19. The van der Waals surface area contributed by atoms with Crippen molar-refractivity contribution < 1.29 is 14.3 Å². The topological polar surface area (TPSA) is 38.8 Å². The van der Waals surface area contributed by atoms with Crippen LogP contribution in [0.1, 0.15) is 45.6 Å². The van der Waals surface area contributed by atoms with E-state index in [-0.39, 0.29) is 11.8 Å². The quantitative estimate of drug-likeness (QED) is 0.545. The van der Waals surface area contributed by atoms with Crippen molar-refractivity contribution in [1.29, 1.82) is 0 Å². The maximum absolute atomic E-state index is 13.0. The molecule has 0 radical (unpaired) electrons. The molecule has 0 amide bonds. The Kier molecular flexibility index (Phi) is 4.64. The number of ether oxygens (including phenoxy) is 2. The second-order valence-electron chi connectivity index (χ2n) is 7.82. The van der Waals surface area contributed by atoms with Crippen LogP contribution < -0.4 is 9.47 Å². The van der Waals surface area contributed by atoms with Crippen LogP contribution in [-0.2, 0) is 6.54 Å². The zero-order chi connectivity index (χ0) is 20.7. The van der Waals surface area contributed by atoms with Crippen molar-refractivity contribution in [2.24, 2.45) is 0 Å². The molecule has 4 nitrogen and oxygen atoms in total. The Hall–Kier alpha value is -3.37. The van der Waals surface area contributed by atoms with Crippen molar-refractivity contribution in [3.05, 3.63) is 100 Å². The fraction of sp³-hybridized carbons (Fsp3) is 0.192. The molecule has 0 spiro atoms. The highest BCUT2D eigenvalue weighted by Gasteiger charge is 2.34. The van der Waals surface area contributed by atoms with Crippen LogP contribution in [0.2, 0.25) is 0 Å². The first-order chi connectivity index (χ1) is 14.6. The molecule has 0 fully saturated rings. The highest BCUT2D eigenvalue weighted by molar-refractivity contribution is 6.15. The molecule has 3 aromatic rings. The van der Waals surface area contributed by atoms with Crippen LogP contribution in [0.5, 0.6) is 11.5 Å². The summed E-state index contributed by atoms with van der Waals surface area (Å²) in [5.74, 6) is 1.73. The van der Waals surface area contributed by atoms with E-state index in [0.29, 0.717) is 23.8 Å². The normalized spacial score (nSPS) is 17.8. The van der Waals surface area contributed by atoms with Gasteiger partial charge in [-0.15, -0.1) is 0 Å². The molecular formula is C26H23NO3. The molecule has 1 unspecified atom stereocenters. The summed E-state index contributed by atoms with van der Waals surface area (Å²) in [7, 11) is 0. The van der Waals surface area contributed by atoms with Crippen LogP contribution in [0.25, 0.3) is 6.08 Å². The minimum atomic E-state index is -0.0759. The lowest BCUT2D eigenvalue weighted by Gasteiger charge is -2.34. The zero-order valence-corrected chi connectivity index (χ0v) is 17.1. The molecule has 0 bridgehead atoms. The Morgan fingerprint density at radius 1 is 1.00 bits per heavy atom. The van der Waals surface area contributed by atoms with Gasteiger partial charge in [0, 0.05) is 23.7 Å². The van der Waals surface area contributed by atoms with E-state index in [4.69, 9.17) is 9.47 Å². The zero-order valence-electron chi connectivity index (χ0n) is 17.1. The van der Waals surface area contributed by atoms with Crippen molar-refractivity contribution in [2.45, 2.75) is 26.4 Å². The van der Waals surface area contributed by atoms with Gasteiger partial charge in [-0.25, -0.2) is 0 Å². The summed E-state index contributed by atoms with van der Waals surface area (Å²) in [6, 6.07) is 22.3. The summed E-state index contributed by atoms with van der Waals surface area (Å²) in [5.41, 5.74) is 4.72. The van der Waals surface area contributed by atoms with Crippen molar-refractivity contribution in [3.63, 3.8) is 0 Å². The number of carbonyl (C=O) groups is 1. The van der Waals surface area contributed by atoms with Crippen molar-refractivity contribution >= 4 is 11.9 Å². The van der Waals surface area contributed by atoms with E-state index in [2.05, 4.69) is 36.1 Å². The molecule has 4 heteroatoms. The summed E-state index contributed by atoms with van der Waals surface area (Å²) >= 11 is 0. The van der Waals surface area contributed by atoms with E-state index < -0.39 is 0 Å². The molecule has 0 saturated heterocycles. The van der Waals surface area contributed by atoms with Gasteiger partial charge in [-0.05, 0) is 37.1 Å². The average Bonchev–Trinajstić information content (AvgIpc) is 3.10. The van der Waals surface area contributed by atoms with Crippen LogP contribution in [0.4, 0.5) is 0 Å². The summed E-state index contributed by atoms with van der Waals surface area (Å²) in [5, 5.41) is 0. The van der Waals surface area contributed by atoms with Gasteiger partial charge in [-0.3, -0.25) is 9.69 Å². The Morgan fingerprint density at radius 2 is 1.70 bits per heavy atom. The number of nitrogens with zero attached hydrogens (tertiary/aromatic N) is 1. The summed E-state index contributed by atoms with van der Waals surface area (Å²) in [6.45, 7) is 5.37. The first-order valence-corrected chi connectivity index (χ1v) is 10.2. The molecule has 2 aliphatic rings. The third-order valence-corrected chi connectivity index (χ3v) is 5.89. The summed E-state index contributed by atoms with van der Waals surface area (Å²) in [4.78, 5) is 15.3. The molecule has 1 atom stereocenters. The predicted molar refractivity (Wildman–Crippen MR) is 116 cm³/mol. The van der Waals surface area contributed by atoms with Crippen LogP contribution in [0, 0.1) is 6.92 Å². The Labute approximate surface area is 176 Å². The van der Waals surface area contributed by atoms with Gasteiger partial charge >= 0.3 is 0 Å². The summed E-state index contributed by atoms with van der Waals surface area (Å²) < 4.78 is 12.1. The summed E-state index contributed by atoms with van der Waals surface area (Å²) in [6.07, 6.45) is 1.80. The fourth-order valence-corrected chi connectivity index (χ4v) is 4.16. The number of allylic oxidation sites excluding steroid dienone is 1. The molecule has 3 aromatic carbocycles. The maximum Gasteiger partial charge on any atom is 0.231 e. The highest BCUT2D eigenvalue weighted by Crippen LogP contribution is 2.44. The Morgan fingerprint density at radius 3 is 2.43 bits per heavy atom. The lowest BCUT2D eigenvalue weighted by atomic mass is 9.99. The lowest BCUT2D eigenvalue weighted by molar-refractivity contribution is 0.0609. The monoisotopic (exact) mass is 397 g/mol. The van der Waals surface area contributed by atoms with E-state index in [1.165, 1.54) is 5.56 Å². The molecular weight excluding hydrogens is 374 g/mol. The second kappa shape index (κ2) is 7.47. The van der Waals surface area contributed by atoms with Gasteiger partial charge in [-0.2, -0.15) is 0 Å². The fourth-order valence-electron chi connectivity index (χ4n) is 4.16. The number of carbonyl (C=O) groups excluding carboxylic acids is 1.